The number of amides is 3. The number of nitrogens with one attached hydrogen (secondary N) is 3. The zero-order chi connectivity index (χ0) is 28.5. The summed E-state index contributed by atoms with van der Waals surface area (Å²) in [7, 11) is 0. The molecular weight excluding hydrogens is 544 g/mol. The molecule has 2 fully saturated rings. The van der Waals surface area contributed by atoms with Crippen LogP contribution in [0.15, 0.2) is 72.9 Å². The first-order chi connectivity index (χ1) is 19.8. The van der Waals surface area contributed by atoms with Gasteiger partial charge in [0, 0.05) is 39.4 Å². The molecule has 7 rings (SSSR count). The molecule has 3 aliphatic rings. The third-order valence-corrected chi connectivity index (χ3v) is 8.66. The molecule has 3 amide bonds. The second-order valence-corrected chi connectivity index (χ2v) is 11.0. The van der Waals surface area contributed by atoms with Crippen LogP contribution < -0.4 is 15.5 Å². The van der Waals surface area contributed by atoms with Crippen LogP contribution in [-0.2, 0) is 31.1 Å². The number of anilines is 2. The van der Waals surface area contributed by atoms with Crippen LogP contribution in [0.3, 0.4) is 0 Å². The Morgan fingerprint density at radius 2 is 1.80 bits per heavy atom. The number of aromatic amines is 1. The number of benzene rings is 3. The predicted octanol–water partition coefficient (Wildman–Crippen LogP) is 4.17. The van der Waals surface area contributed by atoms with Crippen LogP contribution in [-0.4, -0.2) is 41.3 Å². The smallest absolute Gasteiger partial charge is 0.338 e. The Kier molecular flexibility index (Phi) is 5.78. The van der Waals surface area contributed by atoms with E-state index in [9.17, 15) is 19.2 Å². The van der Waals surface area contributed by atoms with E-state index in [1.807, 2.05) is 30.5 Å². The summed E-state index contributed by atoms with van der Waals surface area (Å²) < 4.78 is 5.06. The van der Waals surface area contributed by atoms with Crippen molar-refractivity contribution in [1.82, 2.24) is 10.3 Å². The Hall–Kier alpha value is -4.47. The molecule has 9 nitrogen and oxygen atoms in total. The highest BCUT2D eigenvalue weighted by molar-refractivity contribution is 6.31. The normalized spacial score (nSPS) is 24.7. The van der Waals surface area contributed by atoms with Crippen LogP contribution >= 0.6 is 11.6 Å². The fourth-order valence-corrected chi connectivity index (χ4v) is 6.87. The van der Waals surface area contributed by atoms with Gasteiger partial charge in [0.05, 0.1) is 29.7 Å². The lowest BCUT2D eigenvalue weighted by molar-refractivity contribution is -0.130. The quantitative estimate of drug-likeness (QED) is 0.245. The Morgan fingerprint density at radius 3 is 2.59 bits per heavy atom. The van der Waals surface area contributed by atoms with Crippen LogP contribution in [0.1, 0.15) is 28.4 Å². The zero-order valence-corrected chi connectivity index (χ0v) is 22.7. The highest BCUT2D eigenvalue weighted by Crippen LogP contribution is 2.54. The van der Waals surface area contributed by atoms with Crippen molar-refractivity contribution < 1.29 is 23.9 Å². The molecule has 0 radical (unpaired) electrons. The lowest BCUT2D eigenvalue weighted by atomic mass is 9.76. The summed E-state index contributed by atoms with van der Waals surface area (Å²) in [5, 5.41) is 7.79. The maximum absolute atomic E-state index is 14.2. The monoisotopic (exact) mass is 568 g/mol. The van der Waals surface area contributed by atoms with Crippen molar-refractivity contribution in [2.24, 2.45) is 11.8 Å². The van der Waals surface area contributed by atoms with Gasteiger partial charge >= 0.3 is 5.97 Å². The molecule has 41 heavy (non-hydrogen) atoms. The van der Waals surface area contributed by atoms with E-state index in [4.69, 9.17) is 16.3 Å². The second kappa shape index (κ2) is 9.29. The number of hydrogen-bond acceptors (Lipinski definition) is 6. The maximum atomic E-state index is 14.2. The van der Waals surface area contributed by atoms with Gasteiger partial charge in [-0.05, 0) is 67.4 Å². The molecule has 1 spiro atoms. The van der Waals surface area contributed by atoms with E-state index in [2.05, 4.69) is 15.6 Å². The summed E-state index contributed by atoms with van der Waals surface area (Å²) in [5.41, 5.74) is 2.18. The van der Waals surface area contributed by atoms with Crippen molar-refractivity contribution in [3.8, 4) is 0 Å². The molecule has 0 bridgehead atoms. The van der Waals surface area contributed by atoms with E-state index in [0.29, 0.717) is 33.9 Å². The Balaban J connectivity index is 1.33. The highest BCUT2D eigenvalue weighted by Gasteiger charge is 2.70. The fraction of sp³-hybridized carbons (Fsp3) is 0.226. The highest BCUT2D eigenvalue weighted by atomic mass is 35.5. The van der Waals surface area contributed by atoms with Crippen LogP contribution in [0, 0.1) is 11.8 Å². The average molecular weight is 569 g/mol. The van der Waals surface area contributed by atoms with Crippen LogP contribution in [0.5, 0.6) is 0 Å². The van der Waals surface area contributed by atoms with Gasteiger partial charge in [-0.25, -0.2) is 9.69 Å². The number of para-hydroxylation sites is 1. The molecule has 1 aromatic heterocycles. The molecule has 3 aromatic carbocycles. The number of hydrogen-bond donors (Lipinski definition) is 3. The SMILES string of the molecule is CCOC(=O)c1ccc(N2C(=O)[C@H]3[C@@H](C2=O)[C@]2(N[C@@H]3Cc3c[nH]c4ccccc34)C(=O)Nc3ccc(Cl)cc32)cc1. The van der Waals surface area contributed by atoms with Crippen molar-refractivity contribution in [3.63, 3.8) is 0 Å². The first-order valence-electron chi connectivity index (χ1n) is 13.4. The first-order valence-corrected chi connectivity index (χ1v) is 13.8. The minimum atomic E-state index is -1.48. The third-order valence-electron chi connectivity index (χ3n) is 8.43. The maximum Gasteiger partial charge on any atom is 0.338 e. The number of carbonyl (C=O) groups is 4. The van der Waals surface area contributed by atoms with Crippen molar-refractivity contribution >= 4 is 57.6 Å². The van der Waals surface area contributed by atoms with Crippen molar-refractivity contribution in [1.29, 1.82) is 0 Å². The molecule has 3 N–H and O–H groups in total. The second-order valence-electron chi connectivity index (χ2n) is 10.5. The fourth-order valence-electron chi connectivity index (χ4n) is 6.70. The molecule has 4 heterocycles. The van der Waals surface area contributed by atoms with Gasteiger partial charge < -0.3 is 15.0 Å². The number of H-pyrrole nitrogens is 1. The minimum Gasteiger partial charge on any atom is -0.462 e. The van der Waals surface area contributed by atoms with Crippen LogP contribution in [0.25, 0.3) is 10.9 Å². The molecule has 4 aromatic rings. The summed E-state index contributed by atoms with van der Waals surface area (Å²) in [6.07, 6.45) is 2.31. The molecule has 4 atom stereocenters. The molecule has 206 valence electrons. The van der Waals surface area contributed by atoms with Crippen molar-refractivity contribution in [2.45, 2.75) is 24.9 Å². The molecule has 10 heteroatoms. The predicted molar refractivity (Wildman–Crippen MR) is 153 cm³/mol. The van der Waals surface area contributed by atoms with E-state index in [1.165, 1.54) is 12.1 Å². The topological polar surface area (TPSA) is 121 Å². The molecule has 2 saturated heterocycles. The van der Waals surface area contributed by atoms with E-state index in [-0.39, 0.29) is 6.61 Å². The number of aromatic nitrogens is 1. The summed E-state index contributed by atoms with van der Waals surface area (Å²) in [6.45, 7) is 1.95. The van der Waals surface area contributed by atoms with E-state index >= 15 is 0 Å². The van der Waals surface area contributed by atoms with E-state index in [1.54, 1.807) is 37.3 Å². The number of halogens is 1. The van der Waals surface area contributed by atoms with Crippen molar-refractivity contribution in [3.05, 3.63) is 94.6 Å². The molecule has 0 saturated carbocycles. The molecule has 0 unspecified atom stereocenters. The first kappa shape index (κ1) is 25.5. The standard InChI is InChI=1S/C31H25ClN4O5/c1-2-41-29(39)16-7-10-19(11-8-16)36-27(37)25-24(13-17-15-33-22-6-4-3-5-20(17)22)35-31(26(25)28(36)38)21-14-18(32)9-12-23(21)34-30(31)40/h3-12,14-15,24-26,33,35H,2,13H2,1H3,(H,34,40)/t24-,25-,26+,31+/m1/s1. The van der Waals surface area contributed by atoms with E-state index < -0.39 is 47.1 Å². The number of carbonyl (C=O) groups excluding carboxylic acids is 4. The molecular formula is C31H25ClN4O5. The Bertz CT molecular complexity index is 1770. The van der Waals surface area contributed by atoms with Gasteiger partial charge in [-0.1, -0.05) is 29.8 Å². The number of ether oxygens (including phenoxy) is 1. The number of rotatable bonds is 5. The molecule has 3 aliphatic heterocycles. The van der Waals surface area contributed by atoms with Crippen LogP contribution in [0.2, 0.25) is 5.02 Å². The van der Waals surface area contributed by atoms with Gasteiger partial charge in [0.15, 0.2) is 0 Å². The average Bonchev–Trinajstić information content (AvgIpc) is 3.68. The number of nitrogens with zero attached hydrogens (tertiary/aromatic N) is 1. The lowest BCUT2D eigenvalue weighted by Gasteiger charge is -2.29. The molecule has 0 aliphatic carbocycles. The summed E-state index contributed by atoms with van der Waals surface area (Å²) in [6, 6.07) is 18.5. The minimum absolute atomic E-state index is 0.230. The number of imide groups is 1. The Morgan fingerprint density at radius 1 is 1.02 bits per heavy atom. The van der Waals surface area contributed by atoms with Gasteiger partial charge in [-0.15, -0.1) is 0 Å². The van der Waals surface area contributed by atoms with Crippen LogP contribution in [0.4, 0.5) is 11.4 Å². The van der Waals surface area contributed by atoms with Gasteiger partial charge in [0.2, 0.25) is 17.7 Å². The van der Waals surface area contributed by atoms with Gasteiger partial charge in [0.1, 0.15) is 5.54 Å². The van der Waals surface area contributed by atoms with Gasteiger partial charge in [-0.3, -0.25) is 19.7 Å². The third kappa shape index (κ3) is 3.66. The largest absolute Gasteiger partial charge is 0.462 e. The van der Waals surface area contributed by atoms with Gasteiger partial charge in [0.25, 0.3) is 0 Å². The summed E-state index contributed by atoms with van der Waals surface area (Å²) >= 11 is 6.37. The Labute approximate surface area is 239 Å². The van der Waals surface area contributed by atoms with E-state index in [0.717, 1.165) is 21.4 Å². The zero-order valence-electron chi connectivity index (χ0n) is 21.9. The van der Waals surface area contributed by atoms with Gasteiger partial charge in [-0.2, -0.15) is 0 Å². The van der Waals surface area contributed by atoms with Crippen molar-refractivity contribution in [2.75, 3.05) is 16.8 Å². The summed E-state index contributed by atoms with van der Waals surface area (Å²) in [5.74, 6) is -3.60. The lowest BCUT2D eigenvalue weighted by Crippen LogP contribution is -2.53. The number of fused-ring (bicyclic) bond motifs is 5. The number of esters is 1. The summed E-state index contributed by atoms with van der Waals surface area (Å²) in [4.78, 5) is 58.8.